The number of carboxylic acid groups (broad SMARTS) is 1. The highest BCUT2D eigenvalue weighted by Gasteiger charge is 2.21. The van der Waals surface area contributed by atoms with Gasteiger partial charge in [0.25, 0.3) is 0 Å². The van der Waals surface area contributed by atoms with Crippen molar-refractivity contribution in [2.75, 3.05) is 0 Å². The molecule has 0 aliphatic carbocycles. The lowest BCUT2D eigenvalue weighted by atomic mass is 10.1. The van der Waals surface area contributed by atoms with E-state index in [-0.39, 0.29) is 22.8 Å². The van der Waals surface area contributed by atoms with Crippen LogP contribution in [0.5, 0.6) is 5.75 Å². The Labute approximate surface area is 99.6 Å². The summed E-state index contributed by atoms with van der Waals surface area (Å²) in [5, 5.41) is 8.88. The molecular formula is C11H7F2NO4. The first-order valence-corrected chi connectivity index (χ1v) is 4.80. The molecule has 2 rings (SSSR count). The van der Waals surface area contributed by atoms with Crippen molar-refractivity contribution in [1.29, 1.82) is 0 Å². The Morgan fingerprint density at radius 1 is 1.39 bits per heavy atom. The number of carboxylic acids is 1. The molecule has 0 aliphatic heterocycles. The predicted molar refractivity (Wildman–Crippen MR) is 55.5 cm³/mol. The van der Waals surface area contributed by atoms with Gasteiger partial charge in [0.15, 0.2) is 17.8 Å². The minimum Gasteiger partial charge on any atom is -0.476 e. The average molecular weight is 255 g/mol. The first-order chi connectivity index (χ1) is 8.59. The van der Waals surface area contributed by atoms with Crippen LogP contribution in [0, 0.1) is 0 Å². The first kappa shape index (κ1) is 12.0. The molecule has 0 spiro atoms. The van der Waals surface area contributed by atoms with Gasteiger partial charge in [-0.15, -0.1) is 0 Å². The summed E-state index contributed by atoms with van der Waals surface area (Å²) in [5.41, 5.74) is -0.256. The first-order valence-electron chi connectivity index (χ1n) is 4.80. The molecule has 1 heterocycles. The van der Waals surface area contributed by atoms with E-state index in [9.17, 15) is 13.6 Å². The molecule has 0 bridgehead atoms. The highest BCUT2D eigenvalue weighted by molar-refractivity contribution is 5.92. The fourth-order valence-corrected chi connectivity index (χ4v) is 1.44. The predicted octanol–water partition coefficient (Wildman–Crippen LogP) is 2.64. The van der Waals surface area contributed by atoms with Gasteiger partial charge in [0.05, 0.1) is 5.56 Å². The number of aromatic carboxylic acids is 1. The molecule has 0 fully saturated rings. The third-order valence-corrected chi connectivity index (χ3v) is 2.12. The summed E-state index contributed by atoms with van der Waals surface area (Å²) < 4.78 is 33.6. The second-order valence-electron chi connectivity index (χ2n) is 3.21. The standard InChI is InChI=1S/C11H7F2NO4/c12-11(13)18-7-4-2-1-3-6(7)9-8(10(15)16)14-5-17-9/h1-5,11H,(H,15,16). The summed E-state index contributed by atoms with van der Waals surface area (Å²) in [6.07, 6.45) is 0.929. The molecule has 18 heavy (non-hydrogen) atoms. The molecule has 0 radical (unpaired) electrons. The van der Waals surface area contributed by atoms with Gasteiger partial charge in [-0.25, -0.2) is 9.78 Å². The molecule has 1 aromatic heterocycles. The summed E-state index contributed by atoms with van der Waals surface area (Å²) in [6, 6.07) is 5.72. The van der Waals surface area contributed by atoms with E-state index in [0.717, 1.165) is 6.39 Å². The van der Waals surface area contributed by atoms with Crippen molar-refractivity contribution < 1.29 is 27.8 Å². The number of halogens is 2. The topological polar surface area (TPSA) is 72.6 Å². The van der Waals surface area contributed by atoms with Gasteiger partial charge in [0.2, 0.25) is 0 Å². The zero-order valence-corrected chi connectivity index (χ0v) is 8.84. The molecule has 0 unspecified atom stereocenters. The van der Waals surface area contributed by atoms with Gasteiger partial charge in [0, 0.05) is 0 Å². The summed E-state index contributed by atoms with van der Waals surface area (Å²) in [7, 11) is 0. The van der Waals surface area contributed by atoms with Gasteiger partial charge >= 0.3 is 12.6 Å². The zero-order chi connectivity index (χ0) is 13.1. The highest BCUT2D eigenvalue weighted by Crippen LogP contribution is 2.32. The van der Waals surface area contributed by atoms with Gasteiger partial charge in [-0.05, 0) is 12.1 Å². The number of nitrogens with zero attached hydrogens (tertiary/aromatic N) is 1. The number of hydrogen-bond acceptors (Lipinski definition) is 4. The van der Waals surface area contributed by atoms with Crippen LogP contribution in [0.4, 0.5) is 8.78 Å². The van der Waals surface area contributed by atoms with Gasteiger partial charge in [0.1, 0.15) is 5.75 Å². The van der Waals surface area contributed by atoms with Gasteiger partial charge in [-0.2, -0.15) is 8.78 Å². The SMILES string of the molecule is O=C(O)c1ncoc1-c1ccccc1OC(F)F. The Kier molecular flexibility index (Phi) is 3.22. The van der Waals surface area contributed by atoms with E-state index in [0.29, 0.717) is 0 Å². The Morgan fingerprint density at radius 3 is 2.78 bits per heavy atom. The molecule has 0 saturated heterocycles. The lowest BCUT2D eigenvalue weighted by Gasteiger charge is -2.08. The molecule has 2 aromatic rings. The van der Waals surface area contributed by atoms with Crippen LogP contribution in [0.2, 0.25) is 0 Å². The van der Waals surface area contributed by atoms with Crippen molar-refractivity contribution in [2.24, 2.45) is 0 Å². The van der Waals surface area contributed by atoms with Crippen LogP contribution in [0.25, 0.3) is 11.3 Å². The molecule has 0 atom stereocenters. The Hall–Kier alpha value is -2.44. The van der Waals surface area contributed by atoms with Crippen LogP contribution in [-0.4, -0.2) is 22.7 Å². The van der Waals surface area contributed by atoms with Crippen LogP contribution in [0.15, 0.2) is 35.1 Å². The number of carbonyl (C=O) groups is 1. The Morgan fingerprint density at radius 2 is 2.11 bits per heavy atom. The van der Waals surface area contributed by atoms with Crippen molar-refractivity contribution in [3.05, 3.63) is 36.4 Å². The second kappa shape index (κ2) is 4.82. The fourth-order valence-electron chi connectivity index (χ4n) is 1.44. The molecule has 0 aliphatic rings. The number of para-hydroxylation sites is 1. The molecule has 94 valence electrons. The summed E-state index contributed by atoms with van der Waals surface area (Å²) in [6.45, 7) is -3.01. The second-order valence-corrected chi connectivity index (χ2v) is 3.21. The van der Waals surface area contributed by atoms with Gasteiger partial charge in [-0.3, -0.25) is 0 Å². The molecule has 5 nitrogen and oxygen atoms in total. The Balaban J connectivity index is 2.50. The largest absolute Gasteiger partial charge is 0.476 e. The summed E-state index contributed by atoms with van der Waals surface area (Å²) in [5.74, 6) is -1.61. The quantitative estimate of drug-likeness (QED) is 0.909. The lowest BCUT2D eigenvalue weighted by molar-refractivity contribution is -0.0495. The minimum absolute atomic E-state index is 0.104. The number of benzene rings is 1. The van der Waals surface area contributed by atoms with Crippen LogP contribution < -0.4 is 4.74 Å². The zero-order valence-electron chi connectivity index (χ0n) is 8.84. The number of rotatable bonds is 4. The smallest absolute Gasteiger partial charge is 0.387 e. The maximum absolute atomic E-state index is 12.2. The fraction of sp³-hybridized carbons (Fsp3) is 0.0909. The average Bonchev–Trinajstić information content (AvgIpc) is 2.77. The normalized spacial score (nSPS) is 10.6. The lowest BCUT2D eigenvalue weighted by Crippen LogP contribution is -2.04. The minimum atomic E-state index is -3.01. The summed E-state index contributed by atoms with van der Waals surface area (Å²) >= 11 is 0. The van der Waals surface area contributed by atoms with Crippen LogP contribution in [0.3, 0.4) is 0 Å². The van der Waals surface area contributed by atoms with Gasteiger partial charge in [-0.1, -0.05) is 12.1 Å². The molecule has 0 saturated carbocycles. The van der Waals surface area contributed by atoms with E-state index in [1.54, 1.807) is 6.07 Å². The van der Waals surface area contributed by atoms with E-state index in [2.05, 4.69) is 9.72 Å². The van der Waals surface area contributed by atoms with E-state index >= 15 is 0 Å². The number of oxazole rings is 1. The third kappa shape index (κ3) is 2.29. The number of ether oxygens (including phenoxy) is 1. The van der Waals surface area contributed by atoms with Crippen molar-refractivity contribution in [3.63, 3.8) is 0 Å². The van der Waals surface area contributed by atoms with Crippen molar-refractivity contribution in [2.45, 2.75) is 6.61 Å². The molecule has 1 aromatic carbocycles. The van der Waals surface area contributed by atoms with E-state index in [4.69, 9.17) is 9.52 Å². The van der Waals surface area contributed by atoms with Crippen LogP contribution in [-0.2, 0) is 0 Å². The molecule has 0 amide bonds. The molecule has 1 N–H and O–H groups in total. The van der Waals surface area contributed by atoms with E-state index < -0.39 is 12.6 Å². The Bertz CT molecular complexity index is 568. The molecular weight excluding hydrogens is 248 g/mol. The number of aromatic nitrogens is 1. The van der Waals surface area contributed by atoms with Crippen molar-refractivity contribution in [1.82, 2.24) is 4.98 Å². The van der Waals surface area contributed by atoms with E-state index in [1.165, 1.54) is 18.2 Å². The van der Waals surface area contributed by atoms with Crippen molar-refractivity contribution in [3.8, 4) is 17.1 Å². The van der Waals surface area contributed by atoms with Crippen molar-refractivity contribution >= 4 is 5.97 Å². The van der Waals surface area contributed by atoms with Gasteiger partial charge < -0.3 is 14.3 Å². The summed E-state index contributed by atoms with van der Waals surface area (Å²) in [4.78, 5) is 14.4. The van der Waals surface area contributed by atoms with Crippen LogP contribution >= 0.6 is 0 Å². The van der Waals surface area contributed by atoms with Crippen LogP contribution in [0.1, 0.15) is 10.5 Å². The maximum atomic E-state index is 12.2. The number of alkyl halides is 2. The maximum Gasteiger partial charge on any atom is 0.387 e. The third-order valence-electron chi connectivity index (χ3n) is 2.12. The number of hydrogen-bond donors (Lipinski definition) is 1. The molecule has 7 heteroatoms. The monoisotopic (exact) mass is 255 g/mol. The van der Waals surface area contributed by atoms with E-state index in [1.807, 2.05) is 0 Å². The highest BCUT2D eigenvalue weighted by atomic mass is 19.3.